The lowest BCUT2D eigenvalue weighted by Gasteiger charge is -2.09. The number of aromatic nitrogens is 2. The third kappa shape index (κ3) is 2.27. The Hall–Kier alpha value is -2.36. The van der Waals surface area contributed by atoms with E-state index in [9.17, 15) is 4.39 Å². The van der Waals surface area contributed by atoms with Crippen LogP contribution in [0.5, 0.6) is 0 Å². The number of anilines is 1. The zero-order valence-electron chi connectivity index (χ0n) is 11.6. The van der Waals surface area contributed by atoms with Gasteiger partial charge in [-0.1, -0.05) is 12.1 Å². The van der Waals surface area contributed by atoms with Crippen LogP contribution in [0.1, 0.15) is 30.1 Å². The van der Waals surface area contributed by atoms with Crippen molar-refractivity contribution in [2.75, 3.05) is 5.73 Å². The molecular weight excluding hydrogens is 265 g/mol. The number of benzene rings is 2. The average Bonchev–Trinajstić information content (AvgIpc) is 3.25. The molecule has 0 amide bonds. The van der Waals surface area contributed by atoms with E-state index in [0.717, 1.165) is 28.1 Å². The van der Waals surface area contributed by atoms with E-state index in [4.69, 9.17) is 10.7 Å². The fourth-order valence-corrected chi connectivity index (χ4v) is 2.76. The van der Waals surface area contributed by atoms with E-state index >= 15 is 0 Å². The van der Waals surface area contributed by atoms with Crippen LogP contribution in [0.4, 0.5) is 10.1 Å². The fourth-order valence-electron chi connectivity index (χ4n) is 2.76. The molecule has 0 atom stereocenters. The summed E-state index contributed by atoms with van der Waals surface area (Å²) in [5.74, 6) is 1.48. The first-order valence-electron chi connectivity index (χ1n) is 7.21. The second-order valence-electron chi connectivity index (χ2n) is 5.71. The minimum absolute atomic E-state index is 0.204. The van der Waals surface area contributed by atoms with Gasteiger partial charge in [-0.25, -0.2) is 9.37 Å². The number of imidazole rings is 1. The number of hydrogen-bond donors (Lipinski definition) is 1. The van der Waals surface area contributed by atoms with E-state index in [1.165, 1.54) is 25.0 Å². The third-order valence-electron chi connectivity index (χ3n) is 4.00. The Balaban J connectivity index is 1.81. The molecule has 3 nitrogen and oxygen atoms in total. The number of nitrogen functional groups attached to an aromatic ring is 1. The summed E-state index contributed by atoms with van der Waals surface area (Å²) in [6.45, 7) is 0.715. The van der Waals surface area contributed by atoms with Crippen molar-refractivity contribution in [2.45, 2.75) is 25.3 Å². The highest BCUT2D eigenvalue weighted by Gasteiger charge is 2.29. The predicted octanol–water partition coefficient (Wildman–Crippen LogP) is 3.68. The number of nitrogens with zero attached hydrogens (tertiary/aromatic N) is 2. The Morgan fingerprint density at radius 3 is 2.62 bits per heavy atom. The molecule has 0 bridgehead atoms. The summed E-state index contributed by atoms with van der Waals surface area (Å²) in [6, 6.07) is 12.5. The summed E-state index contributed by atoms with van der Waals surface area (Å²) in [5, 5.41) is 0. The smallest absolute Gasteiger partial charge is 0.123 e. The van der Waals surface area contributed by atoms with E-state index in [1.54, 1.807) is 0 Å². The maximum Gasteiger partial charge on any atom is 0.123 e. The highest BCUT2D eigenvalue weighted by atomic mass is 19.1. The van der Waals surface area contributed by atoms with Crippen molar-refractivity contribution in [1.82, 2.24) is 9.55 Å². The summed E-state index contributed by atoms with van der Waals surface area (Å²) in [4.78, 5) is 4.76. The Kier molecular flexibility index (Phi) is 2.70. The molecule has 1 aliphatic carbocycles. The molecule has 2 aromatic carbocycles. The molecule has 0 unspecified atom stereocenters. The molecule has 3 aromatic rings. The summed E-state index contributed by atoms with van der Waals surface area (Å²) in [7, 11) is 0. The molecule has 2 N–H and O–H groups in total. The molecule has 0 aliphatic heterocycles. The van der Waals surface area contributed by atoms with E-state index in [-0.39, 0.29) is 5.82 Å². The third-order valence-corrected chi connectivity index (χ3v) is 4.00. The molecule has 0 saturated heterocycles. The van der Waals surface area contributed by atoms with E-state index in [1.807, 2.05) is 30.3 Å². The Morgan fingerprint density at radius 1 is 1.14 bits per heavy atom. The predicted molar refractivity (Wildman–Crippen MR) is 81.6 cm³/mol. The van der Waals surface area contributed by atoms with Crippen LogP contribution in [0, 0.1) is 5.82 Å². The first kappa shape index (κ1) is 12.4. The van der Waals surface area contributed by atoms with Gasteiger partial charge in [0.2, 0.25) is 0 Å². The van der Waals surface area contributed by atoms with Crippen molar-refractivity contribution in [3.05, 3.63) is 59.7 Å². The number of nitrogens with two attached hydrogens (primary N) is 1. The Morgan fingerprint density at radius 2 is 1.90 bits per heavy atom. The van der Waals surface area contributed by atoms with E-state index < -0.39 is 0 Å². The molecule has 1 saturated carbocycles. The SMILES string of the molecule is Nc1ccc2c(c1)nc(C1CC1)n2Cc1ccc(F)cc1. The van der Waals surface area contributed by atoms with Gasteiger partial charge in [0, 0.05) is 18.2 Å². The number of halogens is 1. The van der Waals surface area contributed by atoms with Crippen LogP contribution < -0.4 is 5.73 Å². The van der Waals surface area contributed by atoms with Crippen LogP contribution in [0.2, 0.25) is 0 Å². The van der Waals surface area contributed by atoms with Crippen molar-refractivity contribution in [1.29, 1.82) is 0 Å². The Bertz CT molecular complexity index is 801. The van der Waals surface area contributed by atoms with Gasteiger partial charge in [0.15, 0.2) is 0 Å². The topological polar surface area (TPSA) is 43.8 Å². The number of hydrogen-bond acceptors (Lipinski definition) is 2. The lowest BCUT2D eigenvalue weighted by Crippen LogP contribution is -2.04. The van der Waals surface area contributed by atoms with Crippen molar-refractivity contribution in [3.8, 4) is 0 Å². The second-order valence-corrected chi connectivity index (χ2v) is 5.71. The van der Waals surface area contributed by atoms with Crippen molar-refractivity contribution in [2.24, 2.45) is 0 Å². The molecule has 106 valence electrons. The highest BCUT2D eigenvalue weighted by molar-refractivity contribution is 5.80. The minimum Gasteiger partial charge on any atom is -0.399 e. The zero-order valence-corrected chi connectivity index (χ0v) is 11.6. The average molecular weight is 281 g/mol. The molecule has 1 aliphatic rings. The molecule has 4 heteroatoms. The van der Waals surface area contributed by atoms with Crippen LogP contribution in [0.15, 0.2) is 42.5 Å². The van der Waals surface area contributed by atoms with Gasteiger partial charge in [-0.3, -0.25) is 0 Å². The largest absolute Gasteiger partial charge is 0.399 e. The molecule has 0 radical (unpaired) electrons. The quantitative estimate of drug-likeness (QED) is 0.744. The molecule has 1 fully saturated rings. The van der Waals surface area contributed by atoms with Crippen LogP contribution in [0.3, 0.4) is 0 Å². The number of fused-ring (bicyclic) bond motifs is 1. The highest BCUT2D eigenvalue weighted by Crippen LogP contribution is 2.41. The van der Waals surface area contributed by atoms with Crippen molar-refractivity contribution in [3.63, 3.8) is 0 Å². The first-order chi connectivity index (χ1) is 10.2. The standard InChI is InChI=1S/C17H16FN3/c18-13-5-1-11(2-6-13)10-21-16-8-7-14(19)9-15(16)20-17(21)12-3-4-12/h1-2,5-9,12H,3-4,10,19H2. The molecule has 21 heavy (non-hydrogen) atoms. The summed E-state index contributed by atoms with van der Waals surface area (Å²) >= 11 is 0. The minimum atomic E-state index is -0.204. The molecule has 1 aromatic heterocycles. The van der Waals surface area contributed by atoms with Gasteiger partial charge in [-0.2, -0.15) is 0 Å². The summed E-state index contributed by atoms with van der Waals surface area (Å²) in [5.41, 5.74) is 9.70. The molecule has 4 rings (SSSR count). The normalized spacial score (nSPS) is 14.7. The first-order valence-corrected chi connectivity index (χ1v) is 7.21. The Labute approximate surface area is 122 Å². The van der Waals surface area contributed by atoms with Gasteiger partial charge in [0.05, 0.1) is 11.0 Å². The molecule has 0 spiro atoms. The lowest BCUT2D eigenvalue weighted by atomic mass is 10.2. The second kappa shape index (κ2) is 4.58. The van der Waals surface area contributed by atoms with E-state index in [2.05, 4.69) is 4.57 Å². The van der Waals surface area contributed by atoms with Crippen LogP contribution in [-0.2, 0) is 6.54 Å². The van der Waals surface area contributed by atoms with E-state index in [0.29, 0.717) is 12.5 Å². The maximum absolute atomic E-state index is 13.0. The van der Waals surface area contributed by atoms with Gasteiger partial charge in [-0.15, -0.1) is 0 Å². The van der Waals surface area contributed by atoms with Gasteiger partial charge < -0.3 is 10.3 Å². The fraction of sp³-hybridized carbons (Fsp3) is 0.235. The summed E-state index contributed by atoms with van der Waals surface area (Å²) in [6.07, 6.45) is 2.39. The van der Waals surface area contributed by atoms with Crippen LogP contribution in [-0.4, -0.2) is 9.55 Å². The van der Waals surface area contributed by atoms with Crippen molar-refractivity contribution >= 4 is 16.7 Å². The molecular formula is C17H16FN3. The van der Waals surface area contributed by atoms with Crippen LogP contribution in [0.25, 0.3) is 11.0 Å². The summed E-state index contributed by atoms with van der Waals surface area (Å²) < 4.78 is 15.3. The maximum atomic E-state index is 13.0. The van der Waals surface area contributed by atoms with Gasteiger partial charge in [-0.05, 0) is 48.7 Å². The van der Waals surface area contributed by atoms with Gasteiger partial charge in [0.25, 0.3) is 0 Å². The number of rotatable bonds is 3. The molecule has 1 heterocycles. The lowest BCUT2D eigenvalue weighted by molar-refractivity contribution is 0.626. The van der Waals surface area contributed by atoms with Gasteiger partial charge >= 0.3 is 0 Å². The van der Waals surface area contributed by atoms with Crippen molar-refractivity contribution < 1.29 is 4.39 Å². The monoisotopic (exact) mass is 281 g/mol. The van der Waals surface area contributed by atoms with Gasteiger partial charge in [0.1, 0.15) is 11.6 Å². The van der Waals surface area contributed by atoms with Crippen LogP contribution >= 0.6 is 0 Å². The zero-order chi connectivity index (χ0) is 14.4.